The van der Waals surface area contributed by atoms with Crippen LogP contribution in [0.1, 0.15) is 25.7 Å². The number of aromatic nitrogens is 2. The number of non-ortho nitro benzene ring substituents is 1. The summed E-state index contributed by atoms with van der Waals surface area (Å²) in [6.07, 6.45) is 5.70. The first kappa shape index (κ1) is 17.6. The molecule has 0 unspecified atom stereocenters. The average Bonchev–Trinajstić information content (AvgIpc) is 3.49. The summed E-state index contributed by atoms with van der Waals surface area (Å²) in [5.41, 5.74) is -0.255. The number of benzene rings is 1. The van der Waals surface area contributed by atoms with E-state index in [0.29, 0.717) is 0 Å². The number of rotatable bonds is 5. The van der Waals surface area contributed by atoms with Gasteiger partial charge in [-0.2, -0.15) is 0 Å². The quantitative estimate of drug-likeness (QED) is 0.621. The van der Waals surface area contributed by atoms with Gasteiger partial charge in [-0.05, 0) is 31.7 Å². The maximum atomic E-state index is 12.5. The molecular weight excluding hydrogens is 350 g/mol. The minimum atomic E-state index is -0.533. The molecule has 1 N–H and O–H groups in total. The molecule has 0 spiro atoms. The van der Waals surface area contributed by atoms with E-state index >= 15 is 0 Å². The van der Waals surface area contributed by atoms with E-state index in [-0.39, 0.29) is 40.6 Å². The molecule has 27 heavy (non-hydrogen) atoms. The number of nitrogens with one attached hydrogen (secondary N) is 1. The summed E-state index contributed by atoms with van der Waals surface area (Å²) in [6.45, 7) is 1.90. The molecule has 2 fully saturated rings. The van der Waals surface area contributed by atoms with Crippen molar-refractivity contribution >= 4 is 22.5 Å². The first-order chi connectivity index (χ1) is 13.0. The fraction of sp³-hybridized carbons (Fsp3) is 0.500. The Bertz CT molecular complexity index is 944. The first-order valence-corrected chi connectivity index (χ1v) is 9.18. The smallest absolute Gasteiger partial charge is 0.271 e. The van der Waals surface area contributed by atoms with E-state index in [1.54, 1.807) is 0 Å². The van der Waals surface area contributed by atoms with Gasteiger partial charge >= 0.3 is 0 Å². The van der Waals surface area contributed by atoms with Gasteiger partial charge in [0, 0.05) is 37.3 Å². The Labute approximate surface area is 155 Å². The van der Waals surface area contributed by atoms with E-state index in [9.17, 15) is 19.7 Å². The first-order valence-electron chi connectivity index (χ1n) is 9.18. The Morgan fingerprint density at radius 1 is 1.26 bits per heavy atom. The van der Waals surface area contributed by atoms with E-state index in [1.165, 1.54) is 41.9 Å². The zero-order valence-corrected chi connectivity index (χ0v) is 14.8. The molecule has 1 saturated carbocycles. The molecule has 1 aromatic carbocycles. The van der Waals surface area contributed by atoms with Crippen LogP contribution in [-0.4, -0.2) is 50.5 Å². The molecule has 9 heteroatoms. The molecule has 2 aromatic rings. The van der Waals surface area contributed by atoms with E-state index in [4.69, 9.17) is 0 Å². The fourth-order valence-electron chi connectivity index (χ4n) is 3.65. The van der Waals surface area contributed by atoms with E-state index in [2.05, 4.69) is 15.2 Å². The van der Waals surface area contributed by atoms with Crippen LogP contribution < -0.4 is 10.9 Å². The molecule has 1 aliphatic heterocycles. The third-order valence-corrected chi connectivity index (χ3v) is 5.29. The summed E-state index contributed by atoms with van der Waals surface area (Å²) in [5, 5.41) is 14.1. The number of carbonyl (C=O) groups excluding carboxylic acids is 1. The number of likely N-dealkylation sites (tertiary alicyclic amines) is 1. The SMILES string of the molecule is O=C(Cn1cnc2cc([N+](=O)[O-])ccc2c1=O)NC1CCN(C2CC2)CC1. The predicted octanol–water partition coefficient (Wildman–Crippen LogP) is 1.05. The minimum absolute atomic E-state index is 0.110. The van der Waals surface area contributed by atoms with Crippen LogP contribution in [-0.2, 0) is 11.3 Å². The lowest BCUT2D eigenvalue weighted by atomic mass is 10.0. The Kier molecular flexibility index (Phi) is 4.61. The molecule has 1 aromatic heterocycles. The topological polar surface area (TPSA) is 110 Å². The Balaban J connectivity index is 1.41. The van der Waals surface area contributed by atoms with Crippen molar-refractivity contribution in [3.8, 4) is 0 Å². The number of piperidine rings is 1. The number of amides is 1. The van der Waals surface area contributed by atoms with Crippen LogP contribution in [0.5, 0.6) is 0 Å². The van der Waals surface area contributed by atoms with Gasteiger partial charge in [0.1, 0.15) is 6.54 Å². The highest BCUT2D eigenvalue weighted by atomic mass is 16.6. The molecule has 1 saturated heterocycles. The molecule has 0 atom stereocenters. The van der Waals surface area contributed by atoms with Crippen molar-refractivity contribution in [2.24, 2.45) is 0 Å². The van der Waals surface area contributed by atoms with Gasteiger partial charge in [-0.25, -0.2) is 4.98 Å². The second-order valence-electron chi connectivity index (χ2n) is 7.25. The maximum absolute atomic E-state index is 12.5. The van der Waals surface area contributed by atoms with Crippen molar-refractivity contribution in [2.45, 2.75) is 44.3 Å². The molecule has 9 nitrogen and oxygen atoms in total. The number of nitro groups is 1. The van der Waals surface area contributed by atoms with E-state index in [0.717, 1.165) is 32.0 Å². The third-order valence-electron chi connectivity index (χ3n) is 5.29. The van der Waals surface area contributed by atoms with Crippen LogP contribution in [0.4, 0.5) is 5.69 Å². The van der Waals surface area contributed by atoms with Crippen molar-refractivity contribution < 1.29 is 9.72 Å². The molecule has 142 valence electrons. The largest absolute Gasteiger partial charge is 0.352 e. The van der Waals surface area contributed by atoms with Crippen LogP contribution in [0.25, 0.3) is 10.9 Å². The zero-order chi connectivity index (χ0) is 19.0. The highest BCUT2D eigenvalue weighted by molar-refractivity contribution is 5.80. The van der Waals surface area contributed by atoms with Gasteiger partial charge < -0.3 is 10.2 Å². The van der Waals surface area contributed by atoms with Gasteiger partial charge in [0.2, 0.25) is 5.91 Å². The summed E-state index contributed by atoms with van der Waals surface area (Å²) < 4.78 is 1.24. The van der Waals surface area contributed by atoms with Gasteiger partial charge in [0.15, 0.2) is 0 Å². The van der Waals surface area contributed by atoms with Crippen LogP contribution in [0.3, 0.4) is 0 Å². The summed E-state index contributed by atoms with van der Waals surface area (Å²) in [7, 11) is 0. The van der Waals surface area contributed by atoms with Crippen LogP contribution in [0, 0.1) is 10.1 Å². The molecule has 2 aliphatic rings. The highest BCUT2D eigenvalue weighted by Crippen LogP contribution is 2.29. The molecule has 0 radical (unpaired) electrons. The molecule has 1 aliphatic carbocycles. The normalized spacial score (nSPS) is 18.5. The molecule has 1 amide bonds. The lowest BCUT2D eigenvalue weighted by Gasteiger charge is -2.32. The number of hydrogen-bond acceptors (Lipinski definition) is 6. The van der Waals surface area contributed by atoms with Crippen LogP contribution >= 0.6 is 0 Å². The molecular formula is C18H21N5O4. The van der Waals surface area contributed by atoms with Gasteiger partial charge in [-0.3, -0.25) is 24.3 Å². The number of fused-ring (bicyclic) bond motifs is 1. The van der Waals surface area contributed by atoms with Gasteiger partial charge in [0.05, 0.1) is 22.2 Å². The van der Waals surface area contributed by atoms with Crippen molar-refractivity contribution in [1.82, 2.24) is 19.8 Å². The lowest BCUT2D eigenvalue weighted by Crippen LogP contribution is -2.46. The number of nitrogens with zero attached hydrogens (tertiary/aromatic N) is 4. The van der Waals surface area contributed by atoms with Crippen molar-refractivity contribution in [3.63, 3.8) is 0 Å². The Hall–Kier alpha value is -2.81. The van der Waals surface area contributed by atoms with E-state index < -0.39 is 4.92 Å². The zero-order valence-electron chi connectivity index (χ0n) is 14.8. The summed E-state index contributed by atoms with van der Waals surface area (Å²) in [4.78, 5) is 41.7. The summed E-state index contributed by atoms with van der Waals surface area (Å²) in [5.74, 6) is -0.218. The van der Waals surface area contributed by atoms with Gasteiger partial charge in [0.25, 0.3) is 11.2 Å². The molecule has 4 rings (SSSR count). The Morgan fingerprint density at radius 3 is 2.67 bits per heavy atom. The number of nitro benzene ring substituents is 1. The fourth-order valence-corrected chi connectivity index (χ4v) is 3.65. The number of hydrogen-bond donors (Lipinski definition) is 1. The minimum Gasteiger partial charge on any atom is -0.352 e. The standard InChI is InChI=1S/C18H21N5O4/c24-17(20-12-5-7-21(8-6-12)13-1-2-13)10-22-11-19-16-9-14(23(26)27)3-4-15(16)18(22)25/h3-4,9,11-13H,1-2,5-8,10H2,(H,20,24). The summed E-state index contributed by atoms with van der Waals surface area (Å²) in [6, 6.07) is 4.79. The van der Waals surface area contributed by atoms with Crippen molar-refractivity contribution in [3.05, 3.63) is 45.0 Å². The van der Waals surface area contributed by atoms with E-state index in [1.807, 2.05) is 0 Å². The molecule has 0 bridgehead atoms. The monoisotopic (exact) mass is 371 g/mol. The van der Waals surface area contributed by atoms with Crippen LogP contribution in [0.2, 0.25) is 0 Å². The van der Waals surface area contributed by atoms with Gasteiger partial charge in [-0.15, -0.1) is 0 Å². The highest BCUT2D eigenvalue weighted by Gasteiger charge is 2.32. The maximum Gasteiger partial charge on any atom is 0.271 e. The second-order valence-corrected chi connectivity index (χ2v) is 7.25. The second kappa shape index (κ2) is 7.07. The predicted molar refractivity (Wildman–Crippen MR) is 98.4 cm³/mol. The van der Waals surface area contributed by atoms with Crippen molar-refractivity contribution in [2.75, 3.05) is 13.1 Å². The average molecular weight is 371 g/mol. The molecule has 2 heterocycles. The number of carbonyl (C=O) groups is 1. The Morgan fingerprint density at radius 2 is 2.00 bits per heavy atom. The van der Waals surface area contributed by atoms with Gasteiger partial charge in [-0.1, -0.05) is 0 Å². The lowest BCUT2D eigenvalue weighted by molar-refractivity contribution is -0.384. The van der Waals surface area contributed by atoms with Crippen LogP contribution in [0.15, 0.2) is 29.3 Å². The van der Waals surface area contributed by atoms with Crippen molar-refractivity contribution in [1.29, 1.82) is 0 Å². The summed E-state index contributed by atoms with van der Waals surface area (Å²) >= 11 is 0. The third kappa shape index (κ3) is 3.82.